The molecular weight excluding hydrogens is 412 g/mol. The molecular formula is C32H60Si. The summed E-state index contributed by atoms with van der Waals surface area (Å²) < 4.78 is 0. The molecule has 4 rings (SSSR count). The molecule has 0 aromatic rings. The summed E-state index contributed by atoms with van der Waals surface area (Å²) in [7, 11) is -1.27. The van der Waals surface area contributed by atoms with Crippen molar-refractivity contribution in [3.8, 4) is 0 Å². The van der Waals surface area contributed by atoms with Crippen LogP contribution in [0, 0.1) is 52.8 Å². The minimum atomic E-state index is -1.27. The minimum Gasteiger partial charge on any atom is -0.0689 e. The van der Waals surface area contributed by atoms with Crippen LogP contribution in [0.15, 0.2) is 0 Å². The standard InChI is InChI=1S/C32H60Si/c1-9-10-12-24-19-22(2)30(21-24)33(7,8)31-23(3)20-29-27(13-11-14-28(29)31)25-15-17-26(18-16-25)32(4,5)6/h22-31H,9-21H2,1-8H3. The maximum Gasteiger partial charge on any atom is 0.0544 e. The Hall–Kier alpha value is 0.217. The second-order valence-electron chi connectivity index (χ2n) is 15.5. The predicted octanol–water partition coefficient (Wildman–Crippen LogP) is 10.6. The first-order chi connectivity index (χ1) is 15.5. The van der Waals surface area contributed by atoms with E-state index in [-0.39, 0.29) is 0 Å². The third-order valence-electron chi connectivity index (χ3n) is 12.3. The number of rotatable bonds is 6. The molecule has 0 bridgehead atoms. The van der Waals surface area contributed by atoms with E-state index in [0.717, 1.165) is 58.4 Å². The predicted molar refractivity (Wildman–Crippen MR) is 149 cm³/mol. The molecule has 0 spiro atoms. The molecule has 0 aromatic carbocycles. The van der Waals surface area contributed by atoms with Gasteiger partial charge in [-0.25, -0.2) is 0 Å². The van der Waals surface area contributed by atoms with E-state index in [0.29, 0.717) is 5.41 Å². The molecule has 0 amide bonds. The van der Waals surface area contributed by atoms with Crippen molar-refractivity contribution in [2.45, 2.75) is 149 Å². The lowest BCUT2D eigenvalue weighted by atomic mass is 9.61. The quantitative estimate of drug-likeness (QED) is 0.337. The average Bonchev–Trinajstić information content (AvgIpc) is 3.31. The van der Waals surface area contributed by atoms with Gasteiger partial charge in [-0.15, -0.1) is 0 Å². The second kappa shape index (κ2) is 10.3. The summed E-state index contributed by atoms with van der Waals surface area (Å²) in [6.45, 7) is 20.9. The maximum absolute atomic E-state index is 2.87. The Morgan fingerprint density at radius 2 is 1.42 bits per heavy atom. The molecule has 0 N–H and O–H groups in total. The molecule has 0 aliphatic heterocycles. The van der Waals surface area contributed by atoms with E-state index < -0.39 is 8.07 Å². The summed E-state index contributed by atoms with van der Waals surface area (Å²) >= 11 is 0. The Labute approximate surface area is 209 Å². The summed E-state index contributed by atoms with van der Waals surface area (Å²) in [5.41, 5.74) is 2.75. The first-order valence-corrected chi connectivity index (χ1v) is 18.7. The van der Waals surface area contributed by atoms with E-state index >= 15 is 0 Å². The van der Waals surface area contributed by atoms with Crippen LogP contribution in [-0.4, -0.2) is 8.07 Å². The van der Waals surface area contributed by atoms with Gasteiger partial charge in [0.2, 0.25) is 0 Å². The molecule has 0 aromatic heterocycles. The normalized spacial score (nSPS) is 44.7. The molecule has 8 unspecified atom stereocenters. The molecule has 0 saturated heterocycles. The van der Waals surface area contributed by atoms with E-state index in [1.807, 2.05) is 0 Å². The van der Waals surface area contributed by atoms with Gasteiger partial charge >= 0.3 is 0 Å². The van der Waals surface area contributed by atoms with Gasteiger partial charge in [0.1, 0.15) is 0 Å². The molecule has 0 heterocycles. The van der Waals surface area contributed by atoms with Gasteiger partial charge in [0, 0.05) is 0 Å². The van der Waals surface area contributed by atoms with Crippen LogP contribution >= 0.6 is 0 Å². The minimum absolute atomic E-state index is 0.523. The van der Waals surface area contributed by atoms with Crippen LogP contribution in [0.5, 0.6) is 0 Å². The summed E-state index contributed by atoms with van der Waals surface area (Å²) in [4.78, 5) is 0. The van der Waals surface area contributed by atoms with Crippen molar-refractivity contribution in [2.24, 2.45) is 52.8 Å². The molecule has 0 nitrogen and oxygen atoms in total. The van der Waals surface area contributed by atoms with Gasteiger partial charge in [-0.2, -0.15) is 0 Å². The molecule has 4 fully saturated rings. The summed E-state index contributed by atoms with van der Waals surface area (Å²) in [6, 6.07) is 0. The highest BCUT2D eigenvalue weighted by Gasteiger charge is 2.56. The zero-order chi connectivity index (χ0) is 24.0. The highest BCUT2D eigenvalue weighted by molar-refractivity contribution is 6.80. The van der Waals surface area contributed by atoms with Crippen molar-refractivity contribution in [1.82, 2.24) is 0 Å². The van der Waals surface area contributed by atoms with Crippen LogP contribution in [0.1, 0.15) is 125 Å². The lowest BCUT2D eigenvalue weighted by Crippen LogP contribution is -2.45. The van der Waals surface area contributed by atoms with Crippen LogP contribution in [0.4, 0.5) is 0 Å². The van der Waals surface area contributed by atoms with Crippen molar-refractivity contribution in [2.75, 3.05) is 0 Å². The Morgan fingerprint density at radius 3 is 2.06 bits per heavy atom. The maximum atomic E-state index is 2.87. The fourth-order valence-corrected chi connectivity index (χ4v) is 17.0. The van der Waals surface area contributed by atoms with Crippen LogP contribution < -0.4 is 0 Å². The van der Waals surface area contributed by atoms with Gasteiger partial charge < -0.3 is 0 Å². The van der Waals surface area contributed by atoms with Gasteiger partial charge in [-0.1, -0.05) is 86.7 Å². The molecule has 0 radical (unpaired) electrons. The van der Waals surface area contributed by atoms with E-state index in [1.165, 1.54) is 32.1 Å². The summed E-state index contributed by atoms with van der Waals surface area (Å²) in [6.07, 6.45) is 20.0. The van der Waals surface area contributed by atoms with Crippen LogP contribution in [0.3, 0.4) is 0 Å². The second-order valence-corrected chi connectivity index (χ2v) is 20.6. The van der Waals surface area contributed by atoms with Crippen molar-refractivity contribution >= 4 is 8.07 Å². The third kappa shape index (κ3) is 5.34. The molecule has 192 valence electrons. The third-order valence-corrected chi connectivity index (χ3v) is 17.7. The molecule has 4 saturated carbocycles. The van der Waals surface area contributed by atoms with Gasteiger partial charge in [0.25, 0.3) is 0 Å². The van der Waals surface area contributed by atoms with Crippen molar-refractivity contribution in [1.29, 1.82) is 0 Å². The zero-order valence-corrected chi connectivity index (χ0v) is 25.0. The van der Waals surface area contributed by atoms with Crippen molar-refractivity contribution in [3.05, 3.63) is 0 Å². The largest absolute Gasteiger partial charge is 0.0689 e. The SMILES string of the molecule is CCCCC1CC(C)C([Si](C)(C)C2C(C)CC3C(C4CCC(C(C)(C)C)CC4)CCCC32)C1. The van der Waals surface area contributed by atoms with Crippen LogP contribution in [0.25, 0.3) is 0 Å². The number of hydrogen-bond acceptors (Lipinski definition) is 0. The molecule has 4 aliphatic carbocycles. The van der Waals surface area contributed by atoms with E-state index in [1.54, 1.807) is 51.4 Å². The van der Waals surface area contributed by atoms with Gasteiger partial charge in [0.15, 0.2) is 0 Å². The number of fused-ring (bicyclic) bond motifs is 1. The van der Waals surface area contributed by atoms with E-state index in [4.69, 9.17) is 0 Å². The molecule has 1 heteroatoms. The van der Waals surface area contributed by atoms with Crippen molar-refractivity contribution in [3.63, 3.8) is 0 Å². The first kappa shape index (κ1) is 26.3. The topological polar surface area (TPSA) is 0 Å². The Morgan fingerprint density at radius 1 is 0.758 bits per heavy atom. The lowest BCUT2D eigenvalue weighted by molar-refractivity contribution is 0.0638. The average molecular weight is 473 g/mol. The van der Waals surface area contributed by atoms with Gasteiger partial charge in [-0.05, 0) is 115 Å². The highest BCUT2D eigenvalue weighted by atomic mass is 28.3. The first-order valence-electron chi connectivity index (χ1n) is 15.5. The van der Waals surface area contributed by atoms with Gasteiger partial charge in [0.05, 0.1) is 8.07 Å². The van der Waals surface area contributed by atoms with E-state index in [9.17, 15) is 0 Å². The molecule has 33 heavy (non-hydrogen) atoms. The molecule has 8 atom stereocenters. The Bertz CT molecular complexity index is 621. The van der Waals surface area contributed by atoms with Crippen LogP contribution in [0.2, 0.25) is 24.2 Å². The smallest absolute Gasteiger partial charge is 0.0544 e. The van der Waals surface area contributed by atoms with Crippen molar-refractivity contribution < 1.29 is 0 Å². The van der Waals surface area contributed by atoms with Crippen LogP contribution in [-0.2, 0) is 0 Å². The fourth-order valence-electron chi connectivity index (χ4n) is 10.8. The number of hydrogen-bond donors (Lipinski definition) is 0. The summed E-state index contributed by atoms with van der Waals surface area (Å²) in [5.74, 6) is 8.38. The zero-order valence-electron chi connectivity index (χ0n) is 24.0. The Balaban J connectivity index is 1.44. The molecule has 4 aliphatic rings. The number of unbranched alkanes of at least 4 members (excludes halogenated alkanes) is 1. The van der Waals surface area contributed by atoms with E-state index in [2.05, 4.69) is 54.6 Å². The monoisotopic (exact) mass is 472 g/mol. The highest BCUT2D eigenvalue weighted by Crippen LogP contribution is 2.64. The lowest BCUT2D eigenvalue weighted by Gasteiger charge is -2.48. The van der Waals surface area contributed by atoms with Gasteiger partial charge in [-0.3, -0.25) is 0 Å². The fraction of sp³-hybridized carbons (Fsp3) is 1.00. The summed E-state index contributed by atoms with van der Waals surface area (Å²) in [5, 5.41) is 0. The Kier molecular flexibility index (Phi) is 8.20.